The number of carbonyl (C=O) groups excluding carboxylic acids is 1. The maximum absolute atomic E-state index is 12.5. The lowest BCUT2D eigenvalue weighted by atomic mass is 10.2. The van der Waals surface area contributed by atoms with Crippen LogP contribution in [0.1, 0.15) is 37.2 Å². The number of aromatic nitrogens is 2. The van der Waals surface area contributed by atoms with Crippen LogP contribution in [-0.4, -0.2) is 48.0 Å². The molecule has 1 heterocycles. The van der Waals surface area contributed by atoms with Gasteiger partial charge >= 0.3 is 0 Å². The molecule has 0 spiro atoms. The largest absolute Gasteiger partial charge is 0.378 e. The maximum Gasteiger partial charge on any atom is 0.274 e. The Morgan fingerprint density at radius 2 is 1.64 bits per heavy atom. The predicted octanol–water partition coefficient (Wildman–Crippen LogP) is 3.55. The summed E-state index contributed by atoms with van der Waals surface area (Å²) in [6.07, 6.45) is 5.00. The molecule has 0 fully saturated rings. The van der Waals surface area contributed by atoms with Crippen molar-refractivity contribution in [2.45, 2.75) is 26.7 Å². The number of carbonyl (C=O) groups is 1. The fraction of sp³-hybridized carbons (Fsp3) is 0.421. The molecule has 1 aromatic heterocycles. The molecule has 0 aliphatic heterocycles. The van der Waals surface area contributed by atoms with E-state index in [4.69, 9.17) is 0 Å². The van der Waals surface area contributed by atoms with Gasteiger partial charge in [0, 0.05) is 38.6 Å². The minimum absolute atomic E-state index is 0.0573. The molecule has 6 nitrogen and oxygen atoms in total. The van der Waals surface area contributed by atoms with Crippen LogP contribution in [0, 0.1) is 0 Å². The quantitative estimate of drug-likeness (QED) is 0.795. The van der Waals surface area contributed by atoms with Gasteiger partial charge in [0.05, 0.1) is 12.4 Å². The smallest absolute Gasteiger partial charge is 0.274 e. The van der Waals surface area contributed by atoms with Crippen LogP contribution in [0.5, 0.6) is 0 Å². The SMILES string of the molecule is CCCN(CCC)C(=O)c1cnc(Nc2ccc(N(C)C)cc2)cn1. The Labute approximate surface area is 149 Å². The summed E-state index contributed by atoms with van der Waals surface area (Å²) in [5.41, 5.74) is 2.44. The zero-order valence-corrected chi connectivity index (χ0v) is 15.5. The molecule has 134 valence electrons. The van der Waals surface area contributed by atoms with E-state index >= 15 is 0 Å². The highest BCUT2D eigenvalue weighted by atomic mass is 16.2. The molecule has 2 rings (SSSR count). The van der Waals surface area contributed by atoms with E-state index < -0.39 is 0 Å². The number of rotatable bonds is 8. The summed E-state index contributed by atoms with van der Waals surface area (Å²) in [5, 5.41) is 3.20. The van der Waals surface area contributed by atoms with Crippen LogP contribution >= 0.6 is 0 Å². The monoisotopic (exact) mass is 341 g/mol. The molecule has 1 amide bonds. The lowest BCUT2D eigenvalue weighted by Gasteiger charge is -2.20. The van der Waals surface area contributed by atoms with Crippen molar-refractivity contribution in [2.24, 2.45) is 0 Å². The Balaban J connectivity index is 2.04. The summed E-state index contributed by atoms with van der Waals surface area (Å²) < 4.78 is 0. The molecule has 0 aliphatic rings. The van der Waals surface area contributed by atoms with Crippen molar-refractivity contribution in [2.75, 3.05) is 37.4 Å². The molecule has 6 heteroatoms. The highest BCUT2D eigenvalue weighted by Gasteiger charge is 2.15. The molecule has 0 saturated heterocycles. The Bertz CT molecular complexity index is 661. The summed E-state index contributed by atoms with van der Waals surface area (Å²) >= 11 is 0. The second kappa shape index (κ2) is 9.01. The molecule has 0 bridgehead atoms. The first-order valence-electron chi connectivity index (χ1n) is 8.70. The molecule has 1 N–H and O–H groups in total. The number of hydrogen-bond donors (Lipinski definition) is 1. The van der Waals surface area contributed by atoms with Crippen molar-refractivity contribution in [3.8, 4) is 0 Å². The summed E-state index contributed by atoms with van der Waals surface area (Å²) in [6.45, 7) is 5.62. The van der Waals surface area contributed by atoms with Crippen LogP contribution in [-0.2, 0) is 0 Å². The van der Waals surface area contributed by atoms with Crippen LogP contribution in [0.4, 0.5) is 17.2 Å². The van der Waals surface area contributed by atoms with Crippen molar-refractivity contribution in [1.82, 2.24) is 14.9 Å². The second-order valence-electron chi connectivity index (χ2n) is 6.15. The van der Waals surface area contributed by atoms with Crippen LogP contribution in [0.15, 0.2) is 36.7 Å². The first kappa shape index (κ1) is 18.7. The topological polar surface area (TPSA) is 61.4 Å². The fourth-order valence-corrected chi connectivity index (χ4v) is 2.51. The van der Waals surface area contributed by atoms with Gasteiger partial charge in [-0.1, -0.05) is 13.8 Å². The molecule has 0 atom stereocenters. The standard InChI is InChI=1S/C19H27N5O/c1-5-11-24(12-6-2)19(25)17-13-21-18(14-20-17)22-15-7-9-16(10-8-15)23(3)4/h7-10,13-14H,5-6,11-12H2,1-4H3,(H,21,22). The van der Waals surface area contributed by atoms with Gasteiger partial charge in [-0.3, -0.25) is 4.79 Å². The number of nitrogens with zero attached hydrogens (tertiary/aromatic N) is 4. The van der Waals surface area contributed by atoms with Crippen molar-refractivity contribution < 1.29 is 4.79 Å². The van der Waals surface area contributed by atoms with E-state index in [1.165, 1.54) is 6.20 Å². The number of amides is 1. The summed E-state index contributed by atoms with van der Waals surface area (Å²) in [7, 11) is 4.01. The average Bonchev–Trinajstić information content (AvgIpc) is 2.62. The third-order valence-electron chi connectivity index (χ3n) is 3.80. The fourth-order valence-electron chi connectivity index (χ4n) is 2.51. The second-order valence-corrected chi connectivity index (χ2v) is 6.15. The molecule has 2 aromatic rings. The van der Waals surface area contributed by atoms with Crippen LogP contribution in [0.25, 0.3) is 0 Å². The van der Waals surface area contributed by atoms with E-state index in [-0.39, 0.29) is 5.91 Å². The normalized spacial score (nSPS) is 10.4. The van der Waals surface area contributed by atoms with Gasteiger partial charge in [-0.05, 0) is 37.1 Å². The van der Waals surface area contributed by atoms with Gasteiger partial charge in [0.1, 0.15) is 11.5 Å². The zero-order chi connectivity index (χ0) is 18.2. The highest BCUT2D eigenvalue weighted by Crippen LogP contribution is 2.18. The Hall–Kier alpha value is -2.63. The maximum atomic E-state index is 12.5. The van der Waals surface area contributed by atoms with Crippen molar-refractivity contribution in [1.29, 1.82) is 0 Å². The Kier molecular flexibility index (Phi) is 6.74. The van der Waals surface area contributed by atoms with E-state index in [1.54, 1.807) is 6.20 Å². The van der Waals surface area contributed by atoms with E-state index in [0.29, 0.717) is 11.5 Å². The van der Waals surface area contributed by atoms with E-state index in [0.717, 1.165) is 37.3 Å². The third-order valence-corrected chi connectivity index (χ3v) is 3.80. The van der Waals surface area contributed by atoms with Crippen molar-refractivity contribution in [3.05, 3.63) is 42.4 Å². The number of nitrogens with one attached hydrogen (secondary N) is 1. The minimum atomic E-state index is -0.0573. The highest BCUT2D eigenvalue weighted by molar-refractivity contribution is 5.92. The van der Waals surface area contributed by atoms with Gasteiger partial charge in [-0.25, -0.2) is 9.97 Å². The zero-order valence-electron chi connectivity index (χ0n) is 15.5. The van der Waals surface area contributed by atoms with Gasteiger partial charge in [0.15, 0.2) is 0 Å². The summed E-state index contributed by atoms with van der Waals surface area (Å²) in [5.74, 6) is 0.560. The van der Waals surface area contributed by atoms with Gasteiger partial charge in [-0.15, -0.1) is 0 Å². The molecule has 0 unspecified atom stereocenters. The number of anilines is 3. The molecule has 0 radical (unpaired) electrons. The van der Waals surface area contributed by atoms with Crippen molar-refractivity contribution in [3.63, 3.8) is 0 Å². The molecule has 1 aromatic carbocycles. The van der Waals surface area contributed by atoms with Crippen LogP contribution in [0.2, 0.25) is 0 Å². The minimum Gasteiger partial charge on any atom is -0.378 e. The lowest BCUT2D eigenvalue weighted by molar-refractivity contribution is 0.0749. The van der Waals surface area contributed by atoms with E-state index in [2.05, 4.69) is 29.1 Å². The summed E-state index contributed by atoms with van der Waals surface area (Å²) in [6, 6.07) is 8.03. The van der Waals surface area contributed by atoms with Crippen molar-refractivity contribution >= 4 is 23.1 Å². The molecule has 25 heavy (non-hydrogen) atoms. The molecular formula is C19H27N5O. The van der Waals surface area contributed by atoms with Gasteiger partial charge < -0.3 is 15.1 Å². The van der Waals surface area contributed by atoms with Crippen LogP contribution < -0.4 is 10.2 Å². The van der Waals surface area contributed by atoms with Gasteiger partial charge in [0.2, 0.25) is 0 Å². The molecule has 0 saturated carbocycles. The Morgan fingerprint density at radius 3 is 2.12 bits per heavy atom. The lowest BCUT2D eigenvalue weighted by Crippen LogP contribution is -2.33. The number of hydrogen-bond acceptors (Lipinski definition) is 5. The molecule has 0 aliphatic carbocycles. The number of benzene rings is 1. The molecular weight excluding hydrogens is 314 g/mol. The first-order valence-corrected chi connectivity index (χ1v) is 8.70. The van der Waals surface area contributed by atoms with Crippen LogP contribution in [0.3, 0.4) is 0 Å². The summed E-state index contributed by atoms with van der Waals surface area (Å²) in [4.78, 5) is 25.0. The third kappa shape index (κ3) is 5.17. The Morgan fingerprint density at radius 1 is 1.00 bits per heavy atom. The predicted molar refractivity (Wildman–Crippen MR) is 103 cm³/mol. The average molecular weight is 341 g/mol. The van der Waals surface area contributed by atoms with E-state index in [1.807, 2.05) is 48.2 Å². The van der Waals surface area contributed by atoms with Gasteiger partial charge in [0.25, 0.3) is 5.91 Å². The van der Waals surface area contributed by atoms with Gasteiger partial charge in [-0.2, -0.15) is 0 Å². The first-order chi connectivity index (χ1) is 12.0. The van der Waals surface area contributed by atoms with E-state index in [9.17, 15) is 4.79 Å².